The van der Waals surface area contributed by atoms with Crippen molar-refractivity contribution in [1.82, 2.24) is 25.4 Å². The average Bonchev–Trinajstić information content (AvgIpc) is 3.68. The molecule has 1 aromatic rings. The molecule has 0 radical (unpaired) electrons. The summed E-state index contributed by atoms with van der Waals surface area (Å²) < 4.78 is 10.6. The summed E-state index contributed by atoms with van der Waals surface area (Å²) in [6.07, 6.45) is 5.82. The minimum atomic E-state index is -0.765. The van der Waals surface area contributed by atoms with Crippen molar-refractivity contribution in [3.8, 4) is 0 Å². The summed E-state index contributed by atoms with van der Waals surface area (Å²) >= 11 is 1.23. The molecule has 248 valence electrons. The van der Waals surface area contributed by atoms with Gasteiger partial charge in [0.1, 0.15) is 16.7 Å². The van der Waals surface area contributed by atoms with Crippen molar-refractivity contribution in [3.05, 3.63) is 16.1 Å². The number of likely N-dealkylation sites (N-methyl/N-ethyl adjacent to an activating group) is 2. The predicted molar refractivity (Wildman–Crippen MR) is 166 cm³/mol. The molecule has 0 aromatic carbocycles. The zero-order chi connectivity index (χ0) is 32.7. The summed E-state index contributed by atoms with van der Waals surface area (Å²) in [7, 11) is 5.08. The number of likely N-dealkylation sites (tertiary alicyclic amines) is 1. The molecular formula is C32H47N5O7S. The van der Waals surface area contributed by atoms with Crippen molar-refractivity contribution in [2.24, 2.45) is 17.3 Å². The molecule has 4 unspecified atom stereocenters. The standard InChI is InChI=1S/C32H47N5O7S/c1-18(2)23(37(5)29(41)25(20-10-11-20)34-27(40)22-9-7-8-12-36(22)4)13-24(44-19(3)38)28-33-21(14-45-28)26(39)35-32-15-31(16-32,17-32)30(42)43-6/h14,18,20,22-25H,7-13,15-17H2,1-6H3,(H,34,40)(H,35,39). The minimum Gasteiger partial charge on any atom is -0.469 e. The molecule has 6 rings (SSSR count). The van der Waals surface area contributed by atoms with Crippen LogP contribution in [0.3, 0.4) is 0 Å². The lowest BCUT2D eigenvalue weighted by Crippen LogP contribution is -2.77. The molecule has 45 heavy (non-hydrogen) atoms. The number of amides is 3. The van der Waals surface area contributed by atoms with Crippen molar-refractivity contribution >= 4 is 41.0 Å². The number of hydrogen-bond donors (Lipinski definition) is 2. The molecule has 5 aliphatic rings. The third kappa shape index (κ3) is 6.89. The maximum atomic E-state index is 14.0. The highest BCUT2D eigenvalue weighted by molar-refractivity contribution is 7.09. The zero-order valence-electron chi connectivity index (χ0n) is 27.2. The van der Waals surface area contributed by atoms with Gasteiger partial charge in [-0.25, -0.2) is 4.98 Å². The summed E-state index contributed by atoms with van der Waals surface area (Å²) in [5, 5.41) is 8.24. The smallest absolute Gasteiger partial charge is 0.312 e. The summed E-state index contributed by atoms with van der Waals surface area (Å²) in [6, 6.07) is -1.15. The highest BCUT2D eigenvalue weighted by Crippen LogP contribution is 2.67. The highest BCUT2D eigenvalue weighted by atomic mass is 32.1. The maximum Gasteiger partial charge on any atom is 0.312 e. The predicted octanol–water partition coefficient (Wildman–Crippen LogP) is 2.83. The summed E-state index contributed by atoms with van der Waals surface area (Å²) in [5.41, 5.74) is -0.659. The number of piperidine rings is 1. The van der Waals surface area contributed by atoms with Crippen LogP contribution in [0.15, 0.2) is 5.38 Å². The Kier molecular flexibility index (Phi) is 9.61. The van der Waals surface area contributed by atoms with Crippen LogP contribution in [-0.2, 0) is 28.7 Å². The van der Waals surface area contributed by atoms with E-state index in [1.807, 2.05) is 20.9 Å². The van der Waals surface area contributed by atoms with Crippen LogP contribution < -0.4 is 10.6 Å². The van der Waals surface area contributed by atoms with Gasteiger partial charge in [0, 0.05) is 37.4 Å². The monoisotopic (exact) mass is 645 g/mol. The van der Waals surface area contributed by atoms with Crippen LogP contribution in [0.1, 0.15) is 100 Å². The van der Waals surface area contributed by atoms with Gasteiger partial charge in [-0.1, -0.05) is 20.3 Å². The first-order valence-corrected chi connectivity index (χ1v) is 17.0. The first kappa shape index (κ1) is 33.3. The van der Waals surface area contributed by atoms with Crippen molar-refractivity contribution in [2.75, 3.05) is 27.7 Å². The number of aromatic nitrogens is 1. The number of hydrogen-bond acceptors (Lipinski definition) is 10. The summed E-state index contributed by atoms with van der Waals surface area (Å²) in [5.74, 6) is -1.18. The molecule has 5 fully saturated rings. The highest BCUT2D eigenvalue weighted by Gasteiger charge is 2.73. The van der Waals surface area contributed by atoms with Crippen LogP contribution in [0.4, 0.5) is 0 Å². The quantitative estimate of drug-likeness (QED) is 0.309. The normalized spacial score (nSPS) is 27.7. The Morgan fingerprint density at radius 3 is 2.40 bits per heavy atom. The Morgan fingerprint density at radius 1 is 1.13 bits per heavy atom. The van der Waals surface area contributed by atoms with Gasteiger partial charge in [-0.15, -0.1) is 11.3 Å². The zero-order valence-corrected chi connectivity index (χ0v) is 28.0. The lowest BCUT2D eigenvalue weighted by molar-refractivity contribution is -0.199. The first-order chi connectivity index (χ1) is 21.3. The molecule has 4 atom stereocenters. The van der Waals surface area contributed by atoms with Gasteiger partial charge in [0.15, 0.2) is 6.10 Å². The average molecular weight is 646 g/mol. The number of esters is 2. The third-order valence-electron chi connectivity index (χ3n) is 10.2. The van der Waals surface area contributed by atoms with E-state index in [0.717, 1.165) is 38.6 Å². The summed E-state index contributed by atoms with van der Waals surface area (Å²) in [6.45, 7) is 6.21. The molecule has 0 spiro atoms. The van der Waals surface area contributed by atoms with Crippen LogP contribution in [0.5, 0.6) is 0 Å². The van der Waals surface area contributed by atoms with Gasteiger partial charge in [-0.2, -0.15) is 0 Å². The van der Waals surface area contributed by atoms with Crippen molar-refractivity contribution in [2.45, 2.75) is 108 Å². The van der Waals surface area contributed by atoms with Gasteiger partial charge in [0.25, 0.3) is 5.91 Å². The van der Waals surface area contributed by atoms with Gasteiger partial charge in [-0.05, 0) is 70.4 Å². The fraction of sp³-hybridized carbons (Fsp3) is 0.750. The molecule has 12 nitrogen and oxygen atoms in total. The van der Waals surface area contributed by atoms with Crippen LogP contribution in [0.25, 0.3) is 0 Å². The molecule has 13 heteroatoms. The van der Waals surface area contributed by atoms with E-state index >= 15 is 0 Å². The topological polar surface area (TPSA) is 147 Å². The second kappa shape index (κ2) is 13.0. The van der Waals surface area contributed by atoms with Gasteiger partial charge in [0.05, 0.1) is 18.6 Å². The molecule has 4 aliphatic carbocycles. The van der Waals surface area contributed by atoms with E-state index in [1.165, 1.54) is 25.4 Å². The number of methoxy groups -OCH3 is 1. The fourth-order valence-corrected chi connectivity index (χ4v) is 8.38. The van der Waals surface area contributed by atoms with Gasteiger partial charge in [0.2, 0.25) is 11.8 Å². The van der Waals surface area contributed by atoms with Gasteiger partial charge in [-0.3, -0.25) is 28.9 Å². The molecule has 1 aliphatic heterocycles. The molecular weight excluding hydrogens is 598 g/mol. The molecule has 1 saturated heterocycles. The number of carbonyl (C=O) groups excluding carboxylic acids is 5. The van der Waals surface area contributed by atoms with E-state index in [4.69, 9.17) is 9.47 Å². The fourth-order valence-electron chi connectivity index (χ4n) is 7.54. The van der Waals surface area contributed by atoms with Crippen LogP contribution in [-0.4, -0.2) is 95.9 Å². The second-order valence-corrected chi connectivity index (χ2v) is 14.9. The van der Waals surface area contributed by atoms with E-state index in [9.17, 15) is 24.0 Å². The minimum absolute atomic E-state index is 0.00572. The molecule has 1 aromatic heterocycles. The Morgan fingerprint density at radius 2 is 1.82 bits per heavy atom. The third-order valence-corrected chi connectivity index (χ3v) is 11.1. The van der Waals surface area contributed by atoms with Crippen LogP contribution in [0, 0.1) is 17.3 Å². The van der Waals surface area contributed by atoms with E-state index < -0.39 is 29.1 Å². The lowest BCUT2D eigenvalue weighted by Gasteiger charge is -2.68. The number of carbonyl (C=O) groups is 5. The molecule has 3 amide bonds. The Bertz CT molecular complexity index is 1310. The van der Waals surface area contributed by atoms with E-state index in [2.05, 4.69) is 20.5 Å². The molecule has 4 saturated carbocycles. The van der Waals surface area contributed by atoms with Crippen molar-refractivity contribution < 1.29 is 33.4 Å². The van der Waals surface area contributed by atoms with E-state index in [0.29, 0.717) is 24.3 Å². The van der Waals surface area contributed by atoms with Gasteiger partial charge >= 0.3 is 11.9 Å². The Hall–Kier alpha value is -3.06. The van der Waals surface area contributed by atoms with E-state index in [-0.39, 0.29) is 59.7 Å². The Labute approximate surface area is 269 Å². The molecule has 2 heterocycles. The molecule has 2 bridgehead atoms. The SMILES string of the molecule is COC(=O)C12CC(NC(=O)c3csc(C(CC(C(C)C)N(C)C(=O)C(NC(=O)C4CCCCN4C)C4CC4)OC(C)=O)n3)(C1)C2. The number of thiazole rings is 1. The van der Waals surface area contributed by atoms with Crippen LogP contribution >= 0.6 is 11.3 Å². The number of nitrogens with one attached hydrogen (secondary N) is 2. The van der Waals surface area contributed by atoms with Crippen molar-refractivity contribution in [1.29, 1.82) is 0 Å². The summed E-state index contributed by atoms with van der Waals surface area (Å²) in [4.78, 5) is 72.8. The van der Waals surface area contributed by atoms with E-state index in [1.54, 1.807) is 17.3 Å². The largest absolute Gasteiger partial charge is 0.469 e. The Balaban J connectivity index is 1.25. The lowest BCUT2D eigenvalue weighted by atomic mass is 9.39. The van der Waals surface area contributed by atoms with Crippen LogP contribution in [0.2, 0.25) is 0 Å². The number of rotatable bonds is 13. The molecule has 2 N–H and O–H groups in total. The number of ether oxygens (including phenoxy) is 2. The number of nitrogens with zero attached hydrogens (tertiary/aromatic N) is 3. The second-order valence-electron chi connectivity index (χ2n) is 14.0. The van der Waals surface area contributed by atoms with Crippen molar-refractivity contribution in [3.63, 3.8) is 0 Å². The first-order valence-electron chi connectivity index (χ1n) is 16.1. The maximum absolute atomic E-state index is 14.0. The van der Waals surface area contributed by atoms with Gasteiger partial charge < -0.3 is 25.0 Å².